The molecule has 1 aromatic heterocycles. The van der Waals surface area contributed by atoms with Crippen LogP contribution in [0.2, 0.25) is 0 Å². The van der Waals surface area contributed by atoms with Gasteiger partial charge in [0.05, 0.1) is 0 Å². The Balaban J connectivity index is 3.17. The lowest BCUT2D eigenvalue weighted by atomic mass is 10.2. The van der Waals surface area contributed by atoms with E-state index in [0.29, 0.717) is 0 Å². The van der Waals surface area contributed by atoms with Gasteiger partial charge in [0, 0.05) is 14.2 Å². The third kappa shape index (κ3) is 1.28. The fourth-order valence-corrected chi connectivity index (χ4v) is 2.86. The maximum atomic E-state index is 3.57. The molecule has 1 rings (SSSR count). The maximum Gasteiger partial charge on any atom is 0.0346 e. The molecule has 0 nitrogen and oxygen atoms in total. The van der Waals surface area contributed by atoms with Crippen molar-refractivity contribution in [3.05, 3.63) is 19.8 Å². The highest BCUT2D eigenvalue weighted by molar-refractivity contribution is 9.10. The summed E-state index contributed by atoms with van der Waals surface area (Å²) in [5.41, 5.74) is 1.40. The second-order valence-electron chi connectivity index (χ2n) is 2.37. The largest absolute Gasteiger partial charge is 0.144 e. The zero-order chi connectivity index (χ0) is 7.72. The number of thiophene rings is 1. The van der Waals surface area contributed by atoms with Crippen molar-refractivity contribution in [1.82, 2.24) is 0 Å². The van der Waals surface area contributed by atoms with Gasteiger partial charge in [-0.3, -0.25) is 0 Å². The molecule has 0 fully saturated rings. The molecule has 1 aromatic rings. The second-order valence-corrected chi connectivity index (χ2v) is 4.48. The Hall–Kier alpha value is 0.180. The molecule has 0 N–H and O–H groups in total. The van der Waals surface area contributed by atoms with Crippen LogP contribution in [0.4, 0.5) is 0 Å². The van der Waals surface area contributed by atoms with Gasteiger partial charge in [0.1, 0.15) is 0 Å². The first kappa shape index (κ1) is 8.28. The molecule has 0 aromatic carbocycles. The van der Waals surface area contributed by atoms with E-state index in [1.807, 2.05) is 11.3 Å². The lowest BCUT2D eigenvalue weighted by Crippen LogP contribution is -1.73. The van der Waals surface area contributed by atoms with Crippen LogP contribution in [-0.4, -0.2) is 0 Å². The Kier molecular flexibility index (Phi) is 2.53. The third-order valence-electron chi connectivity index (χ3n) is 1.70. The van der Waals surface area contributed by atoms with Crippen LogP contribution in [0.25, 0.3) is 0 Å². The van der Waals surface area contributed by atoms with Crippen molar-refractivity contribution in [2.45, 2.75) is 27.2 Å². The zero-order valence-electron chi connectivity index (χ0n) is 6.49. The summed E-state index contributed by atoms with van der Waals surface area (Å²) >= 11 is 5.47. The van der Waals surface area contributed by atoms with E-state index >= 15 is 0 Å². The highest BCUT2D eigenvalue weighted by Crippen LogP contribution is 2.31. The Morgan fingerprint density at radius 2 is 2.00 bits per heavy atom. The molecule has 0 bridgehead atoms. The van der Waals surface area contributed by atoms with E-state index in [1.165, 1.54) is 19.8 Å². The van der Waals surface area contributed by atoms with Crippen molar-refractivity contribution in [1.29, 1.82) is 0 Å². The van der Waals surface area contributed by atoms with Gasteiger partial charge in [0.2, 0.25) is 0 Å². The summed E-state index contributed by atoms with van der Waals surface area (Å²) in [4.78, 5) is 2.90. The summed E-state index contributed by atoms with van der Waals surface area (Å²) in [6.07, 6.45) is 1.14. The van der Waals surface area contributed by atoms with Crippen molar-refractivity contribution in [2.24, 2.45) is 0 Å². The minimum Gasteiger partial charge on any atom is -0.144 e. The summed E-state index contributed by atoms with van der Waals surface area (Å²) in [6.45, 7) is 6.52. The summed E-state index contributed by atoms with van der Waals surface area (Å²) < 4.78 is 1.32. The van der Waals surface area contributed by atoms with Crippen molar-refractivity contribution >= 4 is 27.3 Å². The molecule has 10 heavy (non-hydrogen) atoms. The van der Waals surface area contributed by atoms with Gasteiger partial charge in [0.25, 0.3) is 0 Å². The molecular formula is C8H11BrS. The fourth-order valence-electron chi connectivity index (χ4n) is 0.897. The first-order chi connectivity index (χ1) is 4.66. The third-order valence-corrected chi connectivity index (χ3v) is 4.39. The first-order valence-electron chi connectivity index (χ1n) is 3.41. The lowest BCUT2D eigenvalue weighted by molar-refractivity contribution is 1.17. The molecule has 0 atom stereocenters. The number of hydrogen-bond acceptors (Lipinski definition) is 1. The van der Waals surface area contributed by atoms with Crippen LogP contribution in [0.1, 0.15) is 22.2 Å². The SMILES string of the molecule is CCc1sc(C)c(C)c1Br. The summed E-state index contributed by atoms with van der Waals surface area (Å²) in [5, 5.41) is 0. The molecule has 0 saturated carbocycles. The second kappa shape index (κ2) is 3.05. The quantitative estimate of drug-likeness (QED) is 0.675. The smallest absolute Gasteiger partial charge is 0.0346 e. The Labute approximate surface area is 74.4 Å². The topological polar surface area (TPSA) is 0 Å². The van der Waals surface area contributed by atoms with Gasteiger partial charge in [-0.05, 0) is 41.8 Å². The Morgan fingerprint density at radius 3 is 2.20 bits per heavy atom. The fraction of sp³-hybridized carbons (Fsp3) is 0.500. The van der Waals surface area contributed by atoms with Crippen LogP contribution in [0.5, 0.6) is 0 Å². The molecule has 0 amide bonds. The van der Waals surface area contributed by atoms with Crippen LogP contribution in [0, 0.1) is 13.8 Å². The van der Waals surface area contributed by atoms with Gasteiger partial charge in [-0.1, -0.05) is 6.92 Å². The van der Waals surface area contributed by atoms with E-state index in [9.17, 15) is 0 Å². The highest BCUT2D eigenvalue weighted by atomic mass is 79.9. The van der Waals surface area contributed by atoms with E-state index < -0.39 is 0 Å². The first-order valence-corrected chi connectivity index (χ1v) is 5.02. The Morgan fingerprint density at radius 1 is 1.40 bits per heavy atom. The predicted molar refractivity (Wildman–Crippen MR) is 50.9 cm³/mol. The molecule has 0 aliphatic rings. The van der Waals surface area contributed by atoms with Crippen LogP contribution < -0.4 is 0 Å². The Bertz CT molecular complexity index is 238. The molecule has 1 heterocycles. The van der Waals surface area contributed by atoms with E-state index in [0.717, 1.165) is 6.42 Å². The number of hydrogen-bond donors (Lipinski definition) is 0. The van der Waals surface area contributed by atoms with Gasteiger partial charge in [-0.2, -0.15) is 0 Å². The van der Waals surface area contributed by atoms with Crippen LogP contribution in [0.3, 0.4) is 0 Å². The normalized spacial score (nSPS) is 10.4. The van der Waals surface area contributed by atoms with Crippen molar-refractivity contribution in [2.75, 3.05) is 0 Å². The molecule has 0 unspecified atom stereocenters. The summed E-state index contributed by atoms with van der Waals surface area (Å²) in [5.74, 6) is 0. The van der Waals surface area contributed by atoms with E-state index in [-0.39, 0.29) is 0 Å². The monoisotopic (exact) mass is 218 g/mol. The molecule has 0 saturated heterocycles. The van der Waals surface area contributed by atoms with E-state index in [4.69, 9.17) is 0 Å². The van der Waals surface area contributed by atoms with Gasteiger partial charge in [-0.25, -0.2) is 0 Å². The summed E-state index contributed by atoms with van der Waals surface area (Å²) in [7, 11) is 0. The van der Waals surface area contributed by atoms with Gasteiger partial charge in [0.15, 0.2) is 0 Å². The van der Waals surface area contributed by atoms with Gasteiger partial charge >= 0.3 is 0 Å². The minimum absolute atomic E-state index is 1.14. The zero-order valence-corrected chi connectivity index (χ0v) is 8.90. The number of aryl methyl sites for hydroxylation is 2. The van der Waals surface area contributed by atoms with Crippen LogP contribution in [0.15, 0.2) is 4.47 Å². The average Bonchev–Trinajstić information content (AvgIpc) is 2.17. The minimum atomic E-state index is 1.14. The maximum absolute atomic E-state index is 3.57. The standard InChI is InChI=1S/C8H11BrS/c1-4-7-8(9)5(2)6(3)10-7/h4H2,1-3H3. The number of halogens is 1. The van der Waals surface area contributed by atoms with E-state index in [2.05, 4.69) is 36.7 Å². The van der Waals surface area contributed by atoms with Gasteiger partial charge < -0.3 is 0 Å². The molecule has 0 radical (unpaired) electrons. The number of rotatable bonds is 1. The predicted octanol–water partition coefficient (Wildman–Crippen LogP) is 3.69. The molecule has 0 aliphatic carbocycles. The molecular weight excluding hydrogens is 208 g/mol. The van der Waals surface area contributed by atoms with Crippen molar-refractivity contribution in [3.8, 4) is 0 Å². The molecule has 0 spiro atoms. The molecule has 2 heteroatoms. The van der Waals surface area contributed by atoms with Crippen LogP contribution in [-0.2, 0) is 6.42 Å². The van der Waals surface area contributed by atoms with E-state index in [1.54, 1.807) is 0 Å². The molecule has 56 valence electrons. The van der Waals surface area contributed by atoms with Gasteiger partial charge in [-0.15, -0.1) is 11.3 Å². The van der Waals surface area contributed by atoms with Crippen molar-refractivity contribution in [3.63, 3.8) is 0 Å². The highest BCUT2D eigenvalue weighted by Gasteiger charge is 2.06. The average molecular weight is 219 g/mol. The molecule has 0 aliphatic heterocycles. The lowest BCUT2D eigenvalue weighted by Gasteiger charge is -1.89. The van der Waals surface area contributed by atoms with Crippen molar-refractivity contribution < 1.29 is 0 Å². The summed E-state index contributed by atoms with van der Waals surface area (Å²) in [6, 6.07) is 0. The van der Waals surface area contributed by atoms with Crippen LogP contribution >= 0.6 is 27.3 Å².